The zero-order chi connectivity index (χ0) is 23.4. The molecule has 3 aromatic rings. The van der Waals surface area contributed by atoms with Crippen LogP contribution in [0.2, 0.25) is 5.02 Å². The fourth-order valence-corrected chi connectivity index (χ4v) is 4.37. The van der Waals surface area contributed by atoms with Crippen molar-refractivity contribution in [3.63, 3.8) is 0 Å². The lowest BCUT2D eigenvalue weighted by Gasteiger charge is -2.34. The smallest absolute Gasteiger partial charge is 0.258 e. The van der Waals surface area contributed by atoms with Crippen LogP contribution in [-0.4, -0.2) is 45.4 Å². The Labute approximate surface area is 196 Å². The molecule has 1 aliphatic rings. The Morgan fingerprint density at radius 1 is 1.30 bits per heavy atom. The van der Waals surface area contributed by atoms with E-state index in [4.69, 9.17) is 16.9 Å². The third-order valence-electron chi connectivity index (χ3n) is 5.91. The van der Waals surface area contributed by atoms with Crippen LogP contribution in [-0.2, 0) is 11.3 Å². The number of benzene rings is 1. The molecule has 9 heteroatoms. The molecule has 1 amide bonds. The molecule has 1 fully saturated rings. The molecule has 0 bridgehead atoms. The number of nitrogens with zero attached hydrogens (tertiary/aromatic N) is 5. The SMILES string of the molecule is CCCN(Cc1nc2cc(Cl)ccc2c(=O)[nH]1)C(=O)C1CCN(c2ccc(C#N)cn2)CC1. The molecule has 1 N–H and O–H groups in total. The van der Waals surface area contributed by atoms with E-state index in [1.54, 1.807) is 35.4 Å². The van der Waals surface area contributed by atoms with Gasteiger partial charge in [0, 0.05) is 36.8 Å². The first-order valence-corrected chi connectivity index (χ1v) is 11.4. The number of nitrogens with one attached hydrogen (secondary N) is 1. The van der Waals surface area contributed by atoms with Crippen molar-refractivity contribution in [1.82, 2.24) is 19.9 Å². The zero-order valence-corrected chi connectivity index (χ0v) is 19.2. The van der Waals surface area contributed by atoms with Gasteiger partial charge in [-0.1, -0.05) is 18.5 Å². The van der Waals surface area contributed by atoms with Crippen molar-refractivity contribution >= 4 is 34.2 Å². The van der Waals surface area contributed by atoms with Crippen LogP contribution in [0.5, 0.6) is 0 Å². The van der Waals surface area contributed by atoms with Crippen LogP contribution in [0, 0.1) is 17.2 Å². The van der Waals surface area contributed by atoms with E-state index in [1.807, 2.05) is 13.0 Å². The topological polar surface area (TPSA) is 106 Å². The molecule has 33 heavy (non-hydrogen) atoms. The highest BCUT2D eigenvalue weighted by Gasteiger charge is 2.29. The van der Waals surface area contributed by atoms with Crippen LogP contribution < -0.4 is 10.5 Å². The van der Waals surface area contributed by atoms with Gasteiger partial charge in [-0.2, -0.15) is 5.26 Å². The minimum atomic E-state index is -0.237. The van der Waals surface area contributed by atoms with E-state index < -0.39 is 0 Å². The number of piperidine rings is 1. The van der Waals surface area contributed by atoms with Crippen molar-refractivity contribution in [3.8, 4) is 6.07 Å². The number of fused-ring (bicyclic) bond motifs is 1. The molecule has 0 unspecified atom stereocenters. The number of hydrogen-bond donors (Lipinski definition) is 1. The van der Waals surface area contributed by atoms with Gasteiger partial charge in [0.05, 0.1) is 23.0 Å². The lowest BCUT2D eigenvalue weighted by atomic mass is 9.95. The first kappa shape index (κ1) is 22.7. The Balaban J connectivity index is 1.45. The second-order valence-electron chi connectivity index (χ2n) is 8.21. The summed E-state index contributed by atoms with van der Waals surface area (Å²) in [4.78, 5) is 41.4. The Morgan fingerprint density at radius 2 is 2.09 bits per heavy atom. The number of carbonyl (C=O) groups is 1. The highest BCUT2D eigenvalue weighted by Crippen LogP contribution is 2.24. The maximum Gasteiger partial charge on any atom is 0.258 e. The monoisotopic (exact) mass is 464 g/mol. The third kappa shape index (κ3) is 5.15. The van der Waals surface area contributed by atoms with E-state index in [0.717, 1.165) is 38.2 Å². The molecule has 8 nitrogen and oxygen atoms in total. The Kier molecular flexibility index (Phi) is 6.90. The number of anilines is 1. The lowest BCUT2D eigenvalue weighted by molar-refractivity contribution is -0.137. The van der Waals surface area contributed by atoms with E-state index in [2.05, 4.69) is 25.9 Å². The van der Waals surface area contributed by atoms with Gasteiger partial charge >= 0.3 is 0 Å². The average molecular weight is 465 g/mol. The molecule has 1 aromatic carbocycles. The van der Waals surface area contributed by atoms with E-state index in [9.17, 15) is 9.59 Å². The van der Waals surface area contributed by atoms with Gasteiger partial charge in [0.1, 0.15) is 17.7 Å². The van der Waals surface area contributed by atoms with Crippen molar-refractivity contribution < 1.29 is 4.79 Å². The fraction of sp³-hybridized carbons (Fsp3) is 0.375. The quantitative estimate of drug-likeness (QED) is 0.598. The summed E-state index contributed by atoms with van der Waals surface area (Å²) in [7, 11) is 0. The summed E-state index contributed by atoms with van der Waals surface area (Å²) in [5.74, 6) is 1.27. The van der Waals surface area contributed by atoms with Crippen LogP contribution in [0.25, 0.3) is 10.9 Å². The fourth-order valence-electron chi connectivity index (χ4n) is 4.21. The number of rotatable bonds is 6. The number of pyridine rings is 1. The summed E-state index contributed by atoms with van der Waals surface area (Å²) in [6.45, 7) is 4.31. The number of H-pyrrole nitrogens is 1. The largest absolute Gasteiger partial charge is 0.357 e. The van der Waals surface area contributed by atoms with Crippen LogP contribution in [0.4, 0.5) is 5.82 Å². The minimum absolute atomic E-state index is 0.0816. The van der Waals surface area contributed by atoms with E-state index >= 15 is 0 Å². The minimum Gasteiger partial charge on any atom is -0.357 e. The number of halogens is 1. The standard InChI is InChI=1S/C24H25ClN6O2/c1-2-9-31(15-21-28-20-12-18(25)4-5-19(20)23(32)29-21)24(33)17-7-10-30(11-8-17)22-6-3-16(13-26)14-27-22/h3-6,12,14,17H,2,7-11,15H2,1H3,(H,28,29,32). The summed E-state index contributed by atoms with van der Waals surface area (Å²) in [6, 6.07) is 10.6. The van der Waals surface area contributed by atoms with Gasteiger partial charge in [-0.15, -0.1) is 0 Å². The second-order valence-corrected chi connectivity index (χ2v) is 8.65. The molecule has 4 rings (SSSR count). The van der Waals surface area contributed by atoms with Crippen molar-refractivity contribution in [2.24, 2.45) is 5.92 Å². The molecule has 170 valence electrons. The van der Waals surface area contributed by atoms with Gasteiger partial charge in [-0.25, -0.2) is 9.97 Å². The molecule has 3 heterocycles. The van der Waals surface area contributed by atoms with Gasteiger partial charge in [0.2, 0.25) is 5.91 Å². The van der Waals surface area contributed by atoms with Crippen LogP contribution in [0.3, 0.4) is 0 Å². The summed E-state index contributed by atoms with van der Waals surface area (Å²) in [5.41, 5.74) is 0.814. The lowest BCUT2D eigenvalue weighted by Crippen LogP contribution is -2.43. The van der Waals surface area contributed by atoms with E-state index in [1.165, 1.54) is 0 Å². The van der Waals surface area contributed by atoms with Crippen molar-refractivity contribution in [2.45, 2.75) is 32.7 Å². The molecule has 2 aromatic heterocycles. The second kappa shape index (κ2) is 10.0. The Morgan fingerprint density at radius 3 is 2.76 bits per heavy atom. The maximum atomic E-state index is 13.3. The van der Waals surface area contributed by atoms with Crippen molar-refractivity contribution in [3.05, 3.63) is 63.3 Å². The number of hydrogen-bond acceptors (Lipinski definition) is 6. The predicted octanol–water partition coefficient (Wildman–Crippen LogP) is 3.50. The number of aromatic nitrogens is 3. The highest BCUT2D eigenvalue weighted by atomic mass is 35.5. The van der Waals surface area contributed by atoms with Crippen LogP contribution >= 0.6 is 11.6 Å². The van der Waals surface area contributed by atoms with Crippen LogP contribution in [0.1, 0.15) is 37.6 Å². The number of amides is 1. The summed E-state index contributed by atoms with van der Waals surface area (Å²) in [6.07, 6.45) is 3.82. The van der Waals surface area contributed by atoms with E-state index in [-0.39, 0.29) is 23.9 Å². The summed E-state index contributed by atoms with van der Waals surface area (Å²) >= 11 is 6.06. The normalized spacial score (nSPS) is 14.3. The van der Waals surface area contributed by atoms with Gasteiger partial charge < -0.3 is 14.8 Å². The van der Waals surface area contributed by atoms with Gasteiger partial charge in [-0.3, -0.25) is 9.59 Å². The van der Waals surface area contributed by atoms with Crippen molar-refractivity contribution in [2.75, 3.05) is 24.5 Å². The first-order chi connectivity index (χ1) is 16.0. The molecule has 1 saturated heterocycles. The van der Waals surface area contributed by atoms with Gasteiger partial charge in [0.15, 0.2) is 0 Å². The summed E-state index contributed by atoms with van der Waals surface area (Å²) in [5, 5.41) is 9.92. The molecule has 0 aliphatic carbocycles. The molecule has 0 saturated carbocycles. The van der Waals surface area contributed by atoms with Gasteiger partial charge in [0.25, 0.3) is 5.56 Å². The first-order valence-electron chi connectivity index (χ1n) is 11.1. The zero-order valence-electron chi connectivity index (χ0n) is 18.4. The molecule has 0 radical (unpaired) electrons. The molecule has 1 aliphatic heterocycles. The predicted molar refractivity (Wildman–Crippen MR) is 127 cm³/mol. The average Bonchev–Trinajstić information content (AvgIpc) is 2.83. The van der Waals surface area contributed by atoms with Gasteiger partial charge in [-0.05, 0) is 49.6 Å². The number of aromatic amines is 1. The van der Waals surface area contributed by atoms with Crippen LogP contribution in [0.15, 0.2) is 41.3 Å². The number of carbonyl (C=O) groups excluding carboxylic acids is 1. The van der Waals surface area contributed by atoms with E-state index in [0.29, 0.717) is 33.9 Å². The Hall–Kier alpha value is -3.44. The summed E-state index contributed by atoms with van der Waals surface area (Å²) < 4.78 is 0. The third-order valence-corrected chi connectivity index (χ3v) is 6.14. The van der Waals surface area contributed by atoms with Crippen molar-refractivity contribution in [1.29, 1.82) is 5.26 Å². The molecular weight excluding hydrogens is 440 g/mol. The molecule has 0 spiro atoms. The Bertz CT molecular complexity index is 1240. The number of nitriles is 1. The molecular formula is C24H25ClN6O2. The highest BCUT2D eigenvalue weighted by molar-refractivity contribution is 6.31. The maximum absolute atomic E-state index is 13.3. The molecule has 0 atom stereocenters.